The molecular weight excluding hydrogens is 248 g/mol. The van der Waals surface area contributed by atoms with Crippen molar-refractivity contribution in [3.8, 4) is 0 Å². The average molecular weight is 259 g/mol. The fraction of sp³-hybridized carbons (Fsp3) is 0.100. The van der Waals surface area contributed by atoms with Gasteiger partial charge >= 0.3 is 8.25 Å². The van der Waals surface area contributed by atoms with Gasteiger partial charge in [-0.1, -0.05) is 12.1 Å². The summed E-state index contributed by atoms with van der Waals surface area (Å²) in [6, 6.07) is 5.32. The lowest BCUT2D eigenvalue weighted by Gasteiger charge is -2.07. The minimum Gasteiger partial charge on any atom is -0.410 e. The molecule has 1 aromatic rings. The highest BCUT2D eigenvalue weighted by Gasteiger charge is 2.04. The molecule has 0 aliphatic rings. The smallest absolute Gasteiger partial charge is 0.366 e. The van der Waals surface area contributed by atoms with Gasteiger partial charge in [-0.05, 0) is 17.7 Å². The molecular formula is C10H11FNO4P. The first kappa shape index (κ1) is 13.4. The minimum absolute atomic E-state index is 0.157. The number of halogens is 1. The molecule has 1 amide bonds. The molecule has 0 aliphatic carbocycles. The number of carbonyl (C=O) groups excluding carboxylic acids is 1. The summed E-state index contributed by atoms with van der Waals surface area (Å²) in [6.07, 6.45) is 1.32. The predicted octanol–water partition coefficient (Wildman–Crippen LogP) is 1.66. The van der Waals surface area contributed by atoms with E-state index < -0.39 is 20.0 Å². The number of nitrogens with one attached hydrogen (secondary N) is 1. The molecule has 7 heteroatoms. The lowest BCUT2D eigenvalue weighted by Crippen LogP contribution is -2.19. The van der Waals surface area contributed by atoms with Crippen LogP contribution < -0.4 is 5.32 Å². The second-order valence-electron chi connectivity index (χ2n) is 3.11. The third-order valence-corrected chi connectivity index (χ3v) is 2.06. The molecule has 0 spiro atoms. The SMILES string of the molecule is CC(=O)NC(=Cc1ccc(F)cc1)O[PH](=O)O. The van der Waals surface area contributed by atoms with E-state index in [1.165, 1.54) is 37.3 Å². The van der Waals surface area contributed by atoms with Crippen LogP contribution in [0.5, 0.6) is 0 Å². The number of carbonyl (C=O) groups is 1. The van der Waals surface area contributed by atoms with E-state index in [0.717, 1.165) is 0 Å². The van der Waals surface area contributed by atoms with Gasteiger partial charge in [-0.15, -0.1) is 0 Å². The Morgan fingerprint density at radius 2 is 2.06 bits per heavy atom. The molecule has 0 bridgehead atoms. The summed E-state index contributed by atoms with van der Waals surface area (Å²) in [7, 11) is -3.21. The number of rotatable bonds is 4. The van der Waals surface area contributed by atoms with Gasteiger partial charge in [0, 0.05) is 13.0 Å². The topological polar surface area (TPSA) is 75.6 Å². The number of hydrogen-bond donors (Lipinski definition) is 2. The predicted molar refractivity (Wildman–Crippen MR) is 60.5 cm³/mol. The van der Waals surface area contributed by atoms with Crippen molar-refractivity contribution in [3.05, 3.63) is 41.5 Å². The van der Waals surface area contributed by atoms with E-state index in [2.05, 4.69) is 9.84 Å². The van der Waals surface area contributed by atoms with Gasteiger partial charge in [-0.25, -0.2) is 8.96 Å². The molecule has 0 radical (unpaired) electrons. The molecule has 1 aromatic carbocycles. The van der Waals surface area contributed by atoms with Gasteiger partial charge in [0.1, 0.15) is 5.82 Å². The van der Waals surface area contributed by atoms with Gasteiger partial charge < -0.3 is 9.42 Å². The van der Waals surface area contributed by atoms with Crippen molar-refractivity contribution in [1.29, 1.82) is 0 Å². The van der Waals surface area contributed by atoms with E-state index in [4.69, 9.17) is 4.89 Å². The quantitative estimate of drug-likeness (QED) is 0.637. The fourth-order valence-electron chi connectivity index (χ4n) is 1.07. The average Bonchev–Trinajstić information content (AvgIpc) is 2.19. The van der Waals surface area contributed by atoms with Crippen molar-refractivity contribution in [3.63, 3.8) is 0 Å². The van der Waals surface area contributed by atoms with Gasteiger partial charge in [-0.2, -0.15) is 0 Å². The number of hydrogen-bond acceptors (Lipinski definition) is 3. The Morgan fingerprint density at radius 3 is 2.53 bits per heavy atom. The fourth-order valence-corrected chi connectivity index (χ4v) is 1.37. The molecule has 92 valence electrons. The van der Waals surface area contributed by atoms with Crippen LogP contribution in [0.15, 0.2) is 30.1 Å². The molecule has 0 aromatic heterocycles. The van der Waals surface area contributed by atoms with Crippen molar-refractivity contribution in [2.75, 3.05) is 0 Å². The van der Waals surface area contributed by atoms with Crippen molar-refractivity contribution >= 4 is 20.2 Å². The second-order valence-corrected chi connectivity index (χ2v) is 3.85. The van der Waals surface area contributed by atoms with E-state index in [-0.39, 0.29) is 5.88 Å². The highest BCUT2D eigenvalue weighted by atomic mass is 31.1. The van der Waals surface area contributed by atoms with Crippen LogP contribution >= 0.6 is 8.25 Å². The summed E-state index contributed by atoms with van der Waals surface area (Å²) in [5.74, 6) is -1.00. The molecule has 1 unspecified atom stereocenters. The first-order valence-electron chi connectivity index (χ1n) is 4.63. The van der Waals surface area contributed by atoms with E-state index in [1.54, 1.807) is 0 Å². The van der Waals surface area contributed by atoms with E-state index >= 15 is 0 Å². The normalized spacial score (nSPS) is 13.0. The van der Waals surface area contributed by atoms with Crippen LogP contribution in [0.1, 0.15) is 12.5 Å². The molecule has 2 N–H and O–H groups in total. The summed E-state index contributed by atoms with van der Waals surface area (Å²) in [4.78, 5) is 19.4. The van der Waals surface area contributed by atoms with Gasteiger partial charge in [-0.3, -0.25) is 10.1 Å². The molecule has 1 atom stereocenters. The Bertz CT molecular complexity index is 440. The number of amides is 1. The zero-order valence-corrected chi connectivity index (χ0v) is 9.94. The first-order valence-corrected chi connectivity index (χ1v) is 5.89. The highest BCUT2D eigenvalue weighted by molar-refractivity contribution is 7.32. The Morgan fingerprint density at radius 1 is 1.47 bits per heavy atom. The van der Waals surface area contributed by atoms with Gasteiger partial charge in [0.2, 0.25) is 11.8 Å². The van der Waals surface area contributed by atoms with Gasteiger partial charge in [0.05, 0.1) is 0 Å². The molecule has 0 saturated carbocycles. The monoisotopic (exact) mass is 259 g/mol. The van der Waals surface area contributed by atoms with E-state index in [0.29, 0.717) is 5.56 Å². The third kappa shape index (κ3) is 5.29. The first-order chi connectivity index (χ1) is 7.97. The minimum atomic E-state index is -3.21. The third-order valence-electron chi connectivity index (χ3n) is 1.66. The van der Waals surface area contributed by atoms with Crippen molar-refractivity contribution < 1.29 is 23.2 Å². The number of benzene rings is 1. The van der Waals surface area contributed by atoms with Crippen LogP contribution in [0.2, 0.25) is 0 Å². The van der Waals surface area contributed by atoms with Crippen molar-refractivity contribution in [1.82, 2.24) is 5.32 Å². The lowest BCUT2D eigenvalue weighted by molar-refractivity contribution is -0.118. The largest absolute Gasteiger partial charge is 0.410 e. The van der Waals surface area contributed by atoms with Crippen LogP contribution in [0.3, 0.4) is 0 Å². The zero-order valence-electron chi connectivity index (χ0n) is 8.94. The Kier molecular flexibility index (Phi) is 4.87. The van der Waals surface area contributed by atoms with E-state index in [1.807, 2.05) is 0 Å². The van der Waals surface area contributed by atoms with Gasteiger partial charge in [0.25, 0.3) is 0 Å². The molecule has 17 heavy (non-hydrogen) atoms. The summed E-state index contributed by atoms with van der Waals surface area (Å²) in [5, 5.41) is 2.25. The van der Waals surface area contributed by atoms with Crippen molar-refractivity contribution in [2.45, 2.75) is 6.92 Å². The van der Waals surface area contributed by atoms with Crippen LogP contribution in [0.25, 0.3) is 6.08 Å². The molecule has 0 heterocycles. The lowest BCUT2D eigenvalue weighted by atomic mass is 10.2. The zero-order chi connectivity index (χ0) is 12.8. The Labute approximate surface area is 97.9 Å². The second kappa shape index (κ2) is 6.18. The van der Waals surface area contributed by atoms with Gasteiger partial charge in [0.15, 0.2) is 0 Å². The maximum absolute atomic E-state index is 12.6. The molecule has 0 saturated heterocycles. The maximum Gasteiger partial charge on any atom is 0.366 e. The Hall–Kier alpha value is -1.65. The molecule has 1 rings (SSSR count). The van der Waals surface area contributed by atoms with Crippen LogP contribution in [-0.4, -0.2) is 10.8 Å². The Balaban J connectivity index is 2.91. The van der Waals surface area contributed by atoms with Crippen molar-refractivity contribution in [2.24, 2.45) is 0 Å². The summed E-state index contributed by atoms with van der Waals surface area (Å²) in [5.41, 5.74) is 0.526. The molecule has 0 fully saturated rings. The highest BCUT2D eigenvalue weighted by Crippen LogP contribution is 2.20. The van der Waals surface area contributed by atoms with Crippen LogP contribution in [-0.2, 0) is 13.9 Å². The summed E-state index contributed by atoms with van der Waals surface area (Å²) in [6.45, 7) is 1.23. The van der Waals surface area contributed by atoms with E-state index in [9.17, 15) is 13.8 Å². The summed E-state index contributed by atoms with van der Waals surface area (Å²) >= 11 is 0. The molecule has 0 aliphatic heterocycles. The maximum atomic E-state index is 12.6. The standard InChI is InChI=1S/C10H11FNO4P/c1-7(13)12-10(16-17(14)15)6-8-2-4-9(11)5-3-8/h2-6,17H,1H3,(H,12,13)(H,14,15). The van der Waals surface area contributed by atoms with Crippen LogP contribution in [0.4, 0.5) is 4.39 Å². The molecule has 5 nitrogen and oxygen atoms in total. The summed E-state index contributed by atoms with van der Waals surface area (Å²) < 4.78 is 27.7. The van der Waals surface area contributed by atoms with Crippen LogP contribution in [0, 0.1) is 5.82 Å².